The quantitative estimate of drug-likeness (QED) is 0.756. The summed E-state index contributed by atoms with van der Waals surface area (Å²) in [7, 11) is 0. The van der Waals surface area contributed by atoms with Crippen LogP contribution in [0.5, 0.6) is 5.75 Å². The molecule has 2 fully saturated rings. The first-order chi connectivity index (χ1) is 14.9. The summed E-state index contributed by atoms with van der Waals surface area (Å²) >= 11 is 0. The van der Waals surface area contributed by atoms with Crippen molar-refractivity contribution < 1.29 is 23.4 Å². The lowest BCUT2D eigenvalue weighted by atomic mass is 9.77. The third-order valence-corrected chi connectivity index (χ3v) is 6.78. The minimum Gasteiger partial charge on any atom is -0.491 e. The van der Waals surface area contributed by atoms with Crippen LogP contribution in [0.1, 0.15) is 50.5 Å². The zero-order valence-corrected chi connectivity index (χ0v) is 17.7. The molecule has 1 aliphatic carbocycles. The molecule has 1 heterocycles. The Hall–Kier alpha value is -2.47. The van der Waals surface area contributed by atoms with Gasteiger partial charge < -0.3 is 14.7 Å². The molecule has 0 spiro atoms. The summed E-state index contributed by atoms with van der Waals surface area (Å²) in [5.41, 5.74) is -1.38. The summed E-state index contributed by atoms with van der Waals surface area (Å²) in [6, 6.07) is 12.3. The van der Waals surface area contributed by atoms with Crippen LogP contribution in [-0.2, 0) is 10.2 Å². The van der Waals surface area contributed by atoms with Gasteiger partial charge in [0.1, 0.15) is 29.6 Å². The normalized spacial score (nSPS) is 23.4. The molecule has 4 nitrogen and oxygen atoms in total. The highest BCUT2D eigenvalue weighted by atomic mass is 19.1. The van der Waals surface area contributed by atoms with Crippen LogP contribution in [-0.4, -0.2) is 41.2 Å². The van der Waals surface area contributed by atoms with Crippen molar-refractivity contribution in [2.75, 3.05) is 19.7 Å². The van der Waals surface area contributed by atoms with E-state index in [0.717, 1.165) is 12.8 Å². The van der Waals surface area contributed by atoms with Crippen LogP contribution in [0.25, 0.3) is 0 Å². The molecule has 2 aromatic rings. The van der Waals surface area contributed by atoms with Crippen molar-refractivity contribution in [1.82, 2.24) is 4.90 Å². The van der Waals surface area contributed by atoms with Gasteiger partial charge in [-0.05, 0) is 62.4 Å². The molecule has 2 aliphatic rings. The van der Waals surface area contributed by atoms with Gasteiger partial charge in [0.25, 0.3) is 0 Å². The molecule has 4 rings (SSSR count). The van der Waals surface area contributed by atoms with Gasteiger partial charge in [-0.3, -0.25) is 4.79 Å². The molecule has 1 unspecified atom stereocenters. The Morgan fingerprint density at radius 3 is 2.35 bits per heavy atom. The molecule has 1 saturated heterocycles. The number of nitrogens with zero attached hydrogens (tertiary/aromatic N) is 1. The van der Waals surface area contributed by atoms with Crippen LogP contribution >= 0.6 is 0 Å². The summed E-state index contributed by atoms with van der Waals surface area (Å²) in [6.07, 6.45) is 4.65. The Bertz CT molecular complexity index is 911. The first-order valence-corrected chi connectivity index (χ1v) is 11.1. The van der Waals surface area contributed by atoms with Gasteiger partial charge in [0.05, 0.1) is 5.41 Å². The van der Waals surface area contributed by atoms with E-state index in [1.54, 1.807) is 23.1 Å². The lowest BCUT2D eigenvalue weighted by molar-refractivity contribution is -0.137. The summed E-state index contributed by atoms with van der Waals surface area (Å²) in [5.74, 6) is -0.197. The van der Waals surface area contributed by atoms with Crippen molar-refractivity contribution in [3.05, 3.63) is 65.7 Å². The number of rotatable bonds is 5. The fourth-order valence-corrected chi connectivity index (χ4v) is 5.00. The Kier molecular flexibility index (Phi) is 6.28. The number of amides is 1. The number of likely N-dealkylation sites (tertiary alicyclic amines) is 1. The zero-order valence-electron chi connectivity index (χ0n) is 17.7. The Labute approximate surface area is 181 Å². The number of carbonyl (C=O) groups is 1. The first-order valence-electron chi connectivity index (χ1n) is 11.1. The highest BCUT2D eigenvalue weighted by Gasteiger charge is 2.47. The number of benzene rings is 2. The van der Waals surface area contributed by atoms with Gasteiger partial charge in [0.2, 0.25) is 5.91 Å². The van der Waals surface area contributed by atoms with E-state index in [-0.39, 0.29) is 24.1 Å². The van der Waals surface area contributed by atoms with E-state index in [9.17, 15) is 18.7 Å². The van der Waals surface area contributed by atoms with Gasteiger partial charge in [-0.25, -0.2) is 8.78 Å². The largest absolute Gasteiger partial charge is 0.491 e. The van der Waals surface area contributed by atoms with E-state index in [2.05, 4.69) is 0 Å². The van der Waals surface area contributed by atoms with Crippen molar-refractivity contribution in [2.45, 2.75) is 56.0 Å². The second kappa shape index (κ2) is 8.95. The average Bonchev–Trinajstić information content (AvgIpc) is 3.18. The third kappa shape index (κ3) is 4.59. The maximum atomic E-state index is 14.7. The molecular weight excluding hydrogens is 400 g/mol. The third-order valence-electron chi connectivity index (χ3n) is 6.78. The van der Waals surface area contributed by atoms with Crippen molar-refractivity contribution in [2.24, 2.45) is 0 Å². The Balaban J connectivity index is 1.45. The van der Waals surface area contributed by atoms with Crippen molar-refractivity contribution in [3.63, 3.8) is 0 Å². The van der Waals surface area contributed by atoms with Crippen LogP contribution in [0.3, 0.4) is 0 Å². The van der Waals surface area contributed by atoms with Crippen LogP contribution in [0, 0.1) is 11.6 Å². The minimum atomic E-state index is -1.07. The molecule has 1 N–H and O–H groups in total. The summed E-state index contributed by atoms with van der Waals surface area (Å²) < 4.78 is 33.4. The smallest absolute Gasteiger partial charge is 0.233 e. The molecule has 1 atom stereocenters. The van der Waals surface area contributed by atoms with Gasteiger partial charge in [-0.1, -0.05) is 31.0 Å². The SMILES string of the molecule is O=C(N1CCCC(O)(COc2ccc(F)cc2)CC1)C1(c2ccccc2F)CCCC1. The molecule has 0 radical (unpaired) electrons. The predicted octanol–water partition coefficient (Wildman–Crippen LogP) is 4.60. The van der Waals surface area contributed by atoms with E-state index in [4.69, 9.17) is 4.74 Å². The predicted molar refractivity (Wildman–Crippen MR) is 114 cm³/mol. The molecule has 0 bridgehead atoms. The van der Waals surface area contributed by atoms with Gasteiger partial charge in [0.15, 0.2) is 0 Å². The topological polar surface area (TPSA) is 49.8 Å². The van der Waals surface area contributed by atoms with Gasteiger partial charge in [-0.15, -0.1) is 0 Å². The van der Waals surface area contributed by atoms with E-state index in [1.165, 1.54) is 30.3 Å². The van der Waals surface area contributed by atoms with Crippen molar-refractivity contribution in [3.8, 4) is 5.75 Å². The minimum absolute atomic E-state index is 0.0289. The second-order valence-corrected chi connectivity index (χ2v) is 8.88. The molecule has 166 valence electrons. The Morgan fingerprint density at radius 2 is 1.65 bits per heavy atom. The molecule has 31 heavy (non-hydrogen) atoms. The number of ether oxygens (including phenoxy) is 1. The number of carbonyl (C=O) groups excluding carboxylic acids is 1. The monoisotopic (exact) mass is 429 g/mol. The first kappa shape index (κ1) is 21.8. The number of hydrogen-bond acceptors (Lipinski definition) is 3. The van der Waals surface area contributed by atoms with Crippen LogP contribution < -0.4 is 4.74 Å². The van der Waals surface area contributed by atoms with Crippen molar-refractivity contribution in [1.29, 1.82) is 0 Å². The van der Waals surface area contributed by atoms with E-state index in [1.807, 2.05) is 0 Å². The number of hydrogen-bond donors (Lipinski definition) is 1. The summed E-state index contributed by atoms with van der Waals surface area (Å²) in [6.45, 7) is 1.02. The molecule has 1 saturated carbocycles. The highest BCUT2D eigenvalue weighted by Crippen LogP contribution is 2.44. The lowest BCUT2D eigenvalue weighted by Crippen LogP contribution is -2.47. The summed E-state index contributed by atoms with van der Waals surface area (Å²) in [4.78, 5) is 15.5. The molecule has 6 heteroatoms. The average molecular weight is 430 g/mol. The van der Waals surface area contributed by atoms with E-state index < -0.39 is 11.0 Å². The zero-order chi connectivity index (χ0) is 21.9. The van der Waals surface area contributed by atoms with Gasteiger partial charge in [-0.2, -0.15) is 0 Å². The van der Waals surface area contributed by atoms with E-state index >= 15 is 0 Å². The molecular formula is C25H29F2NO3. The fraction of sp³-hybridized carbons (Fsp3) is 0.480. The standard InChI is InChI=1S/C25H29F2NO3/c26-19-8-10-20(11-9-19)31-18-24(30)12-5-16-28(17-15-24)23(29)25(13-3-4-14-25)21-6-1-2-7-22(21)27/h1-2,6-11,30H,3-5,12-18H2. The van der Waals surface area contributed by atoms with Crippen LogP contribution in [0.2, 0.25) is 0 Å². The number of halogens is 2. The lowest BCUT2D eigenvalue weighted by Gasteiger charge is -2.35. The van der Waals surface area contributed by atoms with E-state index in [0.29, 0.717) is 56.5 Å². The molecule has 0 aromatic heterocycles. The second-order valence-electron chi connectivity index (χ2n) is 8.88. The molecule has 1 aliphatic heterocycles. The molecule has 1 amide bonds. The van der Waals surface area contributed by atoms with Gasteiger partial charge in [0, 0.05) is 18.7 Å². The highest BCUT2D eigenvalue weighted by molar-refractivity contribution is 5.88. The maximum Gasteiger partial charge on any atom is 0.233 e. The molecule has 2 aromatic carbocycles. The summed E-state index contributed by atoms with van der Waals surface area (Å²) in [5, 5.41) is 11.1. The van der Waals surface area contributed by atoms with Crippen LogP contribution in [0.15, 0.2) is 48.5 Å². The van der Waals surface area contributed by atoms with Crippen LogP contribution in [0.4, 0.5) is 8.78 Å². The number of aliphatic hydroxyl groups is 1. The Morgan fingerprint density at radius 1 is 0.935 bits per heavy atom. The maximum absolute atomic E-state index is 14.7. The fourth-order valence-electron chi connectivity index (χ4n) is 5.00. The van der Waals surface area contributed by atoms with Crippen molar-refractivity contribution >= 4 is 5.91 Å². The van der Waals surface area contributed by atoms with Gasteiger partial charge >= 0.3 is 0 Å².